The highest BCUT2D eigenvalue weighted by Gasteiger charge is 2.31. The van der Waals surface area contributed by atoms with Crippen LogP contribution in [0.4, 0.5) is 18.9 Å². The number of carbonyl (C=O) groups excluding carboxylic acids is 1. The van der Waals surface area contributed by atoms with Crippen LogP contribution in [0.25, 0.3) is 11.8 Å². The summed E-state index contributed by atoms with van der Waals surface area (Å²) in [5.74, 6) is -0.261. The van der Waals surface area contributed by atoms with Crippen LogP contribution in [0.1, 0.15) is 22.5 Å². The average molecular weight is 441 g/mol. The minimum absolute atomic E-state index is 0.261. The molecule has 1 aliphatic rings. The van der Waals surface area contributed by atoms with Crippen LogP contribution >= 0.6 is 11.8 Å². The largest absolute Gasteiger partial charge is 0.416 e. The maximum absolute atomic E-state index is 13.1. The minimum Gasteiger partial charge on any atom is -0.318 e. The Morgan fingerprint density at radius 2 is 1.77 bits per heavy atom. The second-order valence-electron chi connectivity index (χ2n) is 7.03. The van der Waals surface area contributed by atoms with Gasteiger partial charge in [0.05, 0.1) is 16.2 Å². The van der Waals surface area contributed by atoms with E-state index in [2.05, 4.69) is 10.3 Å². The highest BCUT2D eigenvalue weighted by Crippen LogP contribution is 2.33. The molecular formula is C23H18F3N3OS. The van der Waals surface area contributed by atoms with Gasteiger partial charge in [0, 0.05) is 17.1 Å². The lowest BCUT2D eigenvalue weighted by Crippen LogP contribution is -2.19. The zero-order chi connectivity index (χ0) is 22.2. The maximum atomic E-state index is 13.1. The number of nitrogens with zero attached hydrogens (tertiary/aromatic N) is 2. The monoisotopic (exact) mass is 441 g/mol. The number of amidine groups is 1. The fraction of sp³-hybridized carbons (Fsp3) is 0.130. The van der Waals surface area contributed by atoms with Crippen LogP contribution in [0.2, 0.25) is 0 Å². The number of aromatic nitrogens is 1. The molecule has 1 aliphatic heterocycles. The van der Waals surface area contributed by atoms with Gasteiger partial charge < -0.3 is 9.88 Å². The van der Waals surface area contributed by atoms with Gasteiger partial charge in [0.1, 0.15) is 0 Å². The lowest BCUT2D eigenvalue weighted by Gasteiger charge is -2.13. The van der Waals surface area contributed by atoms with E-state index in [1.54, 1.807) is 16.7 Å². The van der Waals surface area contributed by atoms with Crippen molar-refractivity contribution >= 4 is 34.6 Å². The van der Waals surface area contributed by atoms with Gasteiger partial charge in [-0.15, -0.1) is 0 Å². The molecule has 1 N–H and O–H groups in total. The summed E-state index contributed by atoms with van der Waals surface area (Å²) < 4.78 is 41.1. The molecular weight excluding hydrogens is 423 g/mol. The van der Waals surface area contributed by atoms with Crippen LogP contribution in [0.15, 0.2) is 70.6 Å². The molecule has 0 radical (unpaired) electrons. The van der Waals surface area contributed by atoms with E-state index in [1.165, 1.54) is 17.8 Å². The van der Waals surface area contributed by atoms with Crippen molar-refractivity contribution in [3.05, 3.63) is 88.1 Å². The highest BCUT2D eigenvalue weighted by molar-refractivity contribution is 8.18. The molecule has 2 heterocycles. The molecule has 8 heteroatoms. The predicted octanol–water partition coefficient (Wildman–Crippen LogP) is 6.00. The first-order chi connectivity index (χ1) is 14.7. The third-order valence-corrected chi connectivity index (χ3v) is 5.74. The van der Waals surface area contributed by atoms with Crippen molar-refractivity contribution < 1.29 is 18.0 Å². The van der Waals surface area contributed by atoms with Crippen LogP contribution in [-0.2, 0) is 11.0 Å². The Hall–Kier alpha value is -3.26. The SMILES string of the molecule is Cc1cc(/C=C2/SC(=Nc3ccccc3)NC2=O)c(C)n1-c1cccc(C(F)(F)F)c1. The fourth-order valence-corrected chi connectivity index (χ4v) is 4.23. The normalized spacial score (nSPS) is 16.9. The number of alkyl halides is 3. The van der Waals surface area contributed by atoms with Gasteiger partial charge in [0.25, 0.3) is 5.91 Å². The molecule has 0 spiro atoms. The Morgan fingerprint density at radius 1 is 1.03 bits per heavy atom. The third kappa shape index (κ3) is 4.44. The standard InChI is InChI=1S/C23H18F3N3OS/c1-14-11-16(15(2)29(14)19-10-6-7-17(13-19)23(24,25)26)12-20-21(30)28-22(31-20)27-18-8-4-3-5-9-18/h3-13H,1-2H3,(H,27,28,30)/b20-12+. The van der Waals surface area contributed by atoms with Gasteiger partial charge in [-0.3, -0.25) is 4.79 Å². The van der Waals surface area contributed by atoms with E-state index in [1.807, 2.05) is 50.2 Å². The number of nitrogens with one attached hydrogen (secondary N) is 1. The van der Waals surface area contributed by atoms with Gasteiger partial charge in [-0.05, 0) is 73.6 Å². The molecule has 0 bridgehead atoms. The first-order valence-corrected chi connectivity index (χ1v) is 10.3. The molecule has 2 aromatic carbocycles. The number of aliphatic imine (C=N–C) groups is 1. The van der Waals surface area contributed by atoms with Crippen molar-refractivity contribution in [1.82, 2.24) is 9.88 Å². The lowest BCUT2D eigenvalue weighted by molar-refractivity contribution is -0.137. The molecule has 1 aromatic heterocycles. The van der Waals surface area contributed by atoms with Gasteiger partial charge in [-0.25, -0.2) is 4.99 Å². The number of aryl methyl sites for hydroxylation is 1. The molecule has 1 amide bonds. The number of rotatable bonds is 3. The summed E-state index contributed by atoms with van der Waals surface area (Å²) in [7, 11) is 0. The van der Waals surface area contributed by atoms with Crippen molar-refractivity contribution in [2.24, 2.45) is 4.99 Å². The van der Waals surface area contributed by atoms with Gasteiger partial charge >= 0.3 is 6.18 Å². The summed E-state index contributed by atoms with van der Waals surface area (Å²) >= 11 is 1.23. The zero-order valence-corrected chi connectivity index (χ0v) is 17.5. The number of carbonyl (C=O) groups is 1. The Labute approximate surface area is 181 Å². The number of amides is 1. The van der Waals surface area contributed by atoms with Gasteiger partial charge in [0.2, 0.25) is 0 Å². The Morgan fingerprint density at radius 3 is 2.48 bits per heavy atom. The van der Waals surface area contributed by atoms with E-state index in [0.717, 1.165) is 34.8 Å². The molecule has 0 aliphatic carbocycles. The summed E-state index contributed by atoms with van der Waals surface area (Å²) in [4.78, 5) is 17.3. The fourth-order valence-electron chi connectivity index (χ4n) is 3.39. The van der Waals surface area contributed by atoms with Crippen molar-refractivity contribution in [2.45, 2.75) is 20.0 Å². The molecule has 4 nitrogen and oxygen atoms in total. The first-order valence-electron chi connectivity index (χ1n) is 9.43. The molecule has 1 fully saturated rings. The van der Waals surface area contributed by atoms with Crippen molar-refractivity contribution in [3.8, 4) is 5.69 Å². The average Bonchev–Trinajstić information content (AvgIpc) is 3.20. The van der Waals surface area contributed by atoms with E-state index in [0.29, 0.717) is 15.8 Å². The summed E-state index contributed by atoms with van der Waals surface area (Å²) in [5, 5.41) is 3.22. The quantitative estimate of drug-likeness (QED) is 0.507. The van der Waals surface area contributed by atoms with Gasteiger partial charge in [-0.1, -0.05) is 24.3 Å². The maximum Gasteiger partial charge on any atom is 0.416 e. The van der Waals surface area contributed by atoms with Crippen LogP contribution in [-0.4, -0.2) is 15.6 Å². The molecule has 0 atom stereocenters. The molecule has 4 rings (SSSR count). The number of halogens is 3. The molecule has 158 valence electrons. The minimum atomic E-state index is -4.41. The first kappa shape index (κ1) is 21.0. The van der Waals surface area contributed by atoms with Crippen LogP contribution < -0.4 is 5.32 Å². The molecule has 31 heavy (non-hydrogen) atoms. The van der Waals surface area contributed by atoms with Crippen LogP contribution in [0.5, 0.6) is 0 Å². The lowest BCUT2D eigenvalue weighted by atomic mass is 10.2. The number of hydrogen-bond donors (Lipinski definition) is 1. The zero-order valence-electron chi connectivity index (χ0n) is 16.7. The summed E-state index contributed by atoms with van der Waals surface area (Å²) in [5.41, 5.74) is 2.72. The Kier molecular flexibility index (Phi) is 5.49. The Balaban J connectivity index is 1.66. The second-order valence-corrected chi connectivity index (χ2v) is 8.06. The van der Waals surface area contributed by atoms with Crippen LogP contribution in [0.3, 0.4) is 0 Å². The summed E-state index contributed by atoms with van der Waals surface area (Å²) in [6.07, 6.45) is -2.68. The Bertz CT molecular complexity index is 1210. The van der Waals surface area contributed by atoms with E-state index in [-0.39, 0.29) is 5.91 Å². The number of benzene rings is 2. The van der Waals surface area contributed by atoms with E-state index < -0.39 is 11.7 Å². The number of para-hydroxylation sites is 1. The van der Waals surface area contributed by atoms with E-state index in [9.17, 15) is 18.0 Å². The van der Waals surface area contributed by atoms with Crippen molar-refractivity contribution in [2.75, 3.05) is 0 Å². The van der Waals surface area contributed by atoms with Crippen molar-refractivity contribution in [3.63, 3.8) is 0 Å². The van der Waals surface area contributed by atoms with Gasteiger partial charge in [-0.2, -0.15) is 13.2 Å². The number of thioether (sulfide) groups is 1. The van der Waals surface area contributed by atoms with Crippen molar-refractivity contribution in [1.29, 1.82) is 0 Å². The molecule has 1 saturated heterocycles. The topological polar surface area (TPSA) is 46.4 Å². The molecule has 0 unspecified atom stereocenters. The number of hydrogen-bond acceptors (Lipinski definition) is 3. The molecule has 0 saturated carbocycles. The second kappa shape index (κ2) is 8.11. The summed E-state index contributed by atoms with van der Waals surface area (Å²) in [6, 6.07) is 16.3. The smallest absolute Gasteiger partial charge is 0.318 e. The van der Waals surface area contributed by atoms with E-state index >= 15 is 0 Å². The predicted molar refractivity (Wildman–Crippen MR) is 117 cm³/mol. The van der Waals surface area contributed by atoms with Gasteiger partial charge in [0.15, 0.2) is 5.17 Å². The van der Waals surface area contributed by atoms with E-state index in [4.69, 9.17) is 0 Å². The van der Waals surface area contributed by atoms with Crippen LogP contribution in [0, 0.1) is 13.8 Å². The summed E-state index contributed by atoms with van der Waals surface area (Å²) in [6.45, 7) is 3.63. The highest BCUT2D eigenvalue weighted by atomic mass is 32.2. The molecule has 3 aromatic rings. The third-order valence-electron chi connectivity index (χ3n) is 4.83.